The summed E-state index contributed by atoms with van der Waals surface area (Å²) >= 11 is 0. The number of nitrogens with two attached hydrogens (primary N) is 1. The standard InChI is InChI=1S/C17H17N3O6/c18-17(25)26-8-2-4-9-3-1-5-10-13(9)16(24)20(15(10)23)11-6-7-12(21)19-14(11)22/h1,3,5,11H,2,4,6-8H2,(H2,18,25)(H,19,21,22). The Morgan fingerprint density at radius 2 is 2.00 bits per heavy atom. The molecule has 0 saturated carbocycles. The van der Waals surface area contributed by atoms with E-state index in [1.807, 2.05) is 0 Å². The summed E-state index contributed by atoms with van der Waals surface area (Å²) in [4.78, 5) is 60.4. The fraction of sp³-hybridized carbons (Fsp3) is 0.353. The summed E-state index contributed by atoms with van der Waals surface area (Å²) in [5.41, 5.74) is 6.01. The number of amides is 5. The number of fused-ring (bicyclic) bond motifs is 1. The van der Waals surface area contributed by atoms with Crippen LogP contribution >= 0.6 is 0 Å². The topological polar surface area (TPSA) is 136 Å². The van der Waals surface area contributed by atoms with E-state index in [4.69, 9.17) is 5.73 Å². The molecule has 1 unspecified atom stereocenters. The van der Waals surface area contributed by atoms with Crippen LogP contribution < -0.4 is 11.1 Å². The second-order valence-corrected chi connectivity index (χ2v) is 6.06. The number of primary amides is 1. The molecule has 0 aromatic heterocycles. The number of aryl methyl sites for hydroxylation is 1. The first-order chi connectivity index (χ1) is 12.4. The number of carbonyl (C=O) groups excluding carboxylic acids is 5. The lowest BCUT2D eigenvalue weighted by Gasteiger charge is -2.27. The Labute approximate surface area is 148 Å². The van der Waals surface area contributed by atoms with Gasteiger partial charge in [0, 0.05) is 6.42 Å². The van der Waals surface area contributed by atoms with Gasteiger partial charge in [0.1, 0.15) is 6.04 Å². The molecule has 2 aliphatic heterocycles. The number of hydrogen-bond donors (Lipinski definition) is 2. The van der Waals surface area contributed by atoms with Crippen LogP contribution in [-0.4, -0.2) is 47.3 Å². The van der Waals surface area contributed by atoms with Crippen molar-refractivity contribution in [2.24, 2.45) is 5.73 Å². The Balaban J connectivity index is 1.81. The minimum atomic E-state index is -0.994. The van der Waals surface area contributed by atoms with Gasteiger partial charge >= 0.3 is 6.09 Å². The number of nitrogens with one attached hydrogen (secondary N) is 1. The van der Waals surface area contributed by atoms with Gasteiger partial charge in [0.25, 0.3) is 11.8 Å². The van der Waals surface area contributed by atoms with Gasteiger partial charge in [-0.25, -0.2) is 4.79 Å². The predicted molar refractivity (Wildman–Crippen MR) is 87.0 cm³/mol. The molecule has 2 aliphatic rings. The monoisotopic (exact) mass is 359 g/mol. The molecule has 5 amide bonds. The van der Waals surface area contributed by atoms with Crippen LogP contribution in [0.1, 0.15) is 45.5 Å². The highest BCUT2D eigenvalue weighted by Gasteiger charge is 2.45. The molecule has 1 saturated heterocycles. The zero-order chi connectivity index (χ0) is 18.8. The van der Waals surface area contributed by atoms with E-state index >= 15 is 0 Å². The van der Waals surface area contributed by atoms with Crippen LogP contribution in [0.3, 0.4) is 0 Å². The summed E-state index contributed by atoms with van der Waals surface area (Å²) in [7, 11) is 0. The number of hydrogen-bond acceptors (Lipinski definition) is 6. The van der Waals surface area contributed by atoms with Crippen molar-refractivity contribution < 1.29 is 28.7 Å². The maximum atomic E-state index is 12.8. The summed E-state index contributed by atoms with van der Waals surface area (Å²) in [6.45, 7) is 0.0952. The number of ether oxygens (including phenoxy) is 1. The Hall–Kier alpha value is -3.23. The molecule has 1 fully saturated rings. The average molecular weight is 359 g/mol. The number of piperidine rings is 1. The molecule has 3 rings (SSSR count). The molecule has 1 aromatic carbocycles. The molecule has 2 heterocycles. The highest BCUT2D eigenvalue weighted by Crippen LogP contribution is 2.30. The highest BCUT2D eigenvalue weighted by atomic mass is 16.5. The van der Waals surface area contributed by atoms with Gasteiger partial charge in [-0.3, -0.25) is 29.4 Å². The van der Waals surface area contributed by atoms with Gasteiger partial charge in [-0.2, -0.15) is 0 Å². The van der Waals surface area contributed by atoms with Crippen molar-refractivity contribution in [2.45, 2.75) is 31.7 Å². The fourth-order valence-electron chi connectivity index (χ4n) is 3.23. The van der Waals surface area contributed by atoms with E-state index in [0.29, 0.717) is 18.4 Å². The van der Waals surface area contributed by atoms with Crippen molar-refractivity contribution in [1.82, 2.24) is 10.2 Å². The molecular weight excluding hydrogens is 342 g/mol. The molecule has 9 nitrogen and oxygen atoms in total. The zero-order valence-electron chi connectivity index (χ0n) is 13.8. The van der Waals surface area contributed by atoms with Gasteiger partial charge in [-0.05, 0) is 30.9 Å². The van der Waals surface area contributed by atoms with Crippen molar-refractivity contribution in [3.05, 3.63) is 34.9 Å². The first-order valence-corrected chi connectivity index (χ1v) is 8.16. The van der Waals surface area contributed by atoms with Gasteiger partial charge in [-0.1, -0.05) is 12.1 Å². The van der Waals surface area contributed by atoms with Crippen LogP contribution in [-0.2, 0) is 20.7 Å². The molecule has 1 atom stereocenters. The van der Waals surface area contributed by atoms with Gasteiger partial charge in [0.15, 0.2) is 0 Å². The Morgan fingerprint density at radius 3 is 2.69 bits per heavy atom. The number of imide groups is 2. The van der Waals surface area contributed by atoms with Crippen molar-refractivity contribution in [2.75, 3.05) is 6.61 Å². The zero-order valence-corrected chi connectivity index (χ0v) is 13.8. The summed E-state index contributed by atoms with van der Waals surface area (Å²) in [6.07, 6.45) is 0.135. The van der Waals surface area contributed by atoms with E-state index in [0.717, 1.165) is 4.90 Å². The predicted octanol–water partition coefficient (Wildman–Crippen LogP) is 0.116. The minimum absolute atomic E-state index is 0.0706. The molecule has 0 spiro atoms. The van der Waals surface area contributed by atoms with Gasteiger partial charge in [0.05, 0.1) is 17.7 Å². The smallest absolute Gasteiger partial charge is 0.404 e. The molecule has 0 bridgehead atoms. The molecule has 1 aromatic rings. The number of benzene rings is 1. The van der Waals surface area contributed by atoms with E-state index in [2.05, 4.69) is 10.1 Å². The van der Waals surface area contributed by atoms with Crippen molar-refractivity contribution in [3.8, 4) is 0 Å². The van der Waals surface area contributed by atoms with Gasteiger partial charge in [0.2, 0.25) is 11.8 Å². The van der Waals surface area contributed by atoms with Crippen LogP contribution in [0.4, 0.5) is 4.79 Å². The third-order valence-electron chi connectivity index (χ3n) is 4.39. The normalized spacial score (nSPS) is 19.4. The van der Waals surface area contributed by atoms with E-state index < -0.39 is 35.8 Å². The van der Waals surface area contributed by atoms with Crippen LogP contribution in [0.15, 0.2) is 18.2 Å². The molecule has 0 radical (unpaired) electrons. The van der Waals surface area contributed by atoms with Crippen LogP contribution in [0.25, 0.3) is 0 Å². The largest absolute Gasteiger partial charge is 0.450 e. The summed E-state index contributed by atoms with van der Waals surface area (Å²) in [5.74, 6) is -2.16. The number of carbonyl (C=O) groups is 5. The van der Waals surface area contributed by atoms with Crippen LogP contribution in [0.5, 0.6) is 0 Å². The fourth-order valence-corrected chi connectivity index (χ4v) is 3.23. The lowest BCUT2D eigenvalue weighted by atomic mass is 9.99. The SMILES string of the molecule is NC(=O)OCCCc1cccc2c1C(=O)N(C1CCC(=O)NC1=O)C2=O. The summed E-state index contributed by atoms with van der Waals surface area (Å²) in [6, 6.07) is 3.90. The van der Waals surface area contributed by atoms with Crippen molar-refractivity contribution in [3.63, 3.8) is 0 Å². The maximum Gasteiger partial charge on any atom is 0.404 e. The Kier molecular flexibility index (Phi) is 4.70. The second kappa shape index (κ2) is 6.95. The lowest BCUT2D eigenvalue weighted by Crippen LogP contribution is -2.54. The first kappa shape index (κ1) is 17.6. The second-order valence-electron chi connectivity index (χ2n) is 6.06. The third-order valence-corrected chi connectivity index (χ3v) is 4.39. The number of rotatable bonds is 5. The van der Waals surface area contributed by atoms with Crippen molar-refractivity contribution >= 4 is 29.7 Å². The van der Waals surface area contributed by atoms with E-state index in [1.165, 1.54) is 6.07 Å². The van der Waals surface area contributed by atoms with E-state index in [1.54, 1.807) is 12.1 Å². The van der Waals surface area contributed by atoms with E-state index in [9.17, 15) is 24.0 Å². The molecule has 26 heavy (non-hydrogen) atoms. The third kappa shape index (κ3) is 3.15. The quantitative estimate of drug-likeness (QED) is 0.566. The first-order valence-electron chi connectivity index (χ1n) is 8.16. The molecular formula is C17H17N3O6. The van der Waals surface area contributed by atoms with Crippen LogP contribution in [0, 0.1) is 0 Å². The lowest BCUT2D eigenvalue weighted by molar-refractivity contribution is -0.136. The van der Waals surface area contributed by atoms with Crippen molar-refractivity contribution in [1.29, 1.82) is 0 Å². The Morgan fingerprint density at radius 1 is 1.23 bits per heavy atom. The van der Waals surface area contributed by atoms with Crippen LogP contribution in [0.2, 0.25) is 0 Å². The molecule has 136 valence electrons. The summed E-state index contributed by atoms with van der Waals surface area (Å²) < 4.78 is 4.66. The maximum absolute atomic E-state index is 12.8. The minimum Gasteiger partial charge on any atom is -0.450 e. The Bertz CT molecular complexity index is 819. The molecule has 3 N–H and O–H groups in total. The molecule has 9 heteroatoms. The van der Waals surface area contributed by atoms with Gasteiger partial charge < -0.3 is 10.5 Å². The highest BCUT2D eigenvalue weighted by molar-refractivity contribution is 6.24. The molecule has 0 aliphatic carbocycles. The van der Waals surface area contributed by atoms with Gasteiger partial charge in [-0.15, -0.1) is 0 Å². The van der Waals surface area contributed by atoms with E-state index in [-0.39, 0.29) is 30.6 Å². The average Bonchev–Trinajstić information content (AvgIpc) is 2.84. The number of nitrogens with zero attached hydrogens (tertiary/aromatic N) is 1. The summed E-state index contributed by atoms with van der Waals surface area (Å²) in [5, 5.41) is 2.16.